The van der Waals surface area contributed by atoms with Crippen molar-refractivity contribution in [2.45, 2.75) is 19.8 Å². The molecule has 0 fully saturated rings. The summed E-state index contributed by atoms with van der Waals surface area (Å²) in [5, 5.41) is 0. The molecule has 0 N–H and O–H groups in total. The number of alkyl halides is 2. The number of carbonyl (C=O) groups excluding carboxylic acids is 1. The van der Waals surface area contributed by atoms with Crippen molar-refractivity contribution >= 4 is 15.8 Å². The maximum atomic E-state index is 11.7. The van der Waals surface area contributed by atoms with Crippen LogP contribution >= 0.6 is 0 Å². The lowest BCUT2D eigenvalue weighted by atomic mass is 10.5. The summed E-state index contributed by atoms with van der Waals surface area (Å²) in [4.78, 5) is 10.7. The van der Waals surface area contributed by atoms with Gasteiger partial charge in [0.1, 0.15) is 5.75 Å². The summed E-state index contributed by atoms with van der Waals surface area (Å²) in [5.74, 6) is -2.42. The molecule has 84 valence electrons. The smallest absolute Gasteiger partial charge is 0.321 e. The van der Waals surface area contributed by atoms with E-state index in [1.807, 2.05) is 0 Å². The molecule has 0 unspecified atom stereocenters. The van der Waals surface area contributed by atoms with E-state index in [-0.39, 0.29) is 6.61 Å². The standard InChI is InChI=1S/C7H12F2O4S/c1-2-13-7(10)5-14(11,12)4-3-6(8)9/h6H,2-5H2,1H3. The van der Waals surface area contributed by atoms with Gasteiger partial charge in [0, 0.05) is 6.42 Å². The minimum absolute atomic E-state index is 0.0726. The number of hydrogen-bond donors (Lipinski definition) is 0. The molecule has 0 saturated heterocycles. The van der Waals surface area contributed by atoms with E-state index in [0.717, 1.165) is 0 Å². The van der Waals surface area contributed by atoms with Crippen molar-refractivity contribution < 1.29 is 26.7 Å². The molecule has 0 amide bonds. The minimum atomic E-state index is -3.75. The summed E-state index contributed by atoms with van der Waals surface area (Å²) in [6.07, 6.45) is -3.42. The number of esters is 1. The quantitative estimate of drug-likeness (QED) is 0.627. The first-order valence-electron chi connectivity index (χ1n) is 4.01. The molecule has 14 heavy (non-hydrogen) atoms. The molecule has 0 bridgehead atoms. The Hall–Kier alpha value is -0.720. The monoisotopic (exact) mass is 230 g/mol. The van der Waals surface area contributed by atoms with E-state index < -0.39 is 40.2 Å². The SMILES string of the molecule is CCOC(=O)CS(=O)(=O)CCC(F)F. The van der Waals surface area contributed by atoms with Gasteiger partial charge >= 0.3 is 5.97 Å². The second-order valence-corrected chi connectivity index (χ2v) is 4.76. The van der Waals surface area contributed by atoms with Gasteiger partial charge in [-0.25, -0.2) is 17.2 Å². The molecule has 0 aliphatic heterocycles. The molecule has 0 aliphatic rings. The zero-order valence-electron chi connectivity index (χ0n) is 7.70. The van der Waals surface area contributed by atoms with Gasteiger partial charge in [-0.05, 0) is 6.92 Å². The Morgan fingerprint density at radius 3 is 2.43 bits per heavy atom. The molecular formula is C7H12F2O4S. The zero-order chi connectivity index (χ0) is 11.2. The second-order valence-electron chi connectivity index (χ2n) is 2.58. The molecule has 0 aromatic rings. The van der Waals surface area contributed by atoms with E-state index in [2.05, 4.69) is 4.74 Å². The number of rotatable bonds is 6. The molecule has 0 heterocycles. The summed E-state index contributed by atoms with van der Waals surface area (Å²) < 4.78 is 49.7. The van der Waals surface area contributed by atoms with Crippen LogP contribution in [0, 0.1) is 0 Å². The van der Waals surface area contributed by atoms with Crippen molar-refractivity contribution in [1.29, 1.82) is 0 Å². The van der Waals surface area contributed by atoms with Crippen molar-refractivity contribution in [3.8, 4) is 0 Å². The summed E-state index contributed by atoms with van der Waals surface area (Å²) >= 11 is 0. The van der Waals surface area contributed by atoms with Gasteiger partial charge in [-0.15, -0.1) is 0 Å². The van der Waals surface area contributed by atoms with Gasteiger partial charge < -0.3 is 4.74 Å². The highest BCUT2D eigenvalue weighted by molar-refractivity contribution is 7.92. The zero-order valence-corrected chi connectivity index (χ0v) is 8.52. The van der Waals surface area contributed by atoms with Gasteiger partial charge in [-0.2, -0.15) is 0 Å². The number of ether oxygens (including phenoxy) is 1. The van der Waals surface area contributed by atoms with Crippen molar-refractivity contribution in [1.82, 2.24) is 0 Å². The van der Waals surface area contributed by atoms with E-state index in [1.165, 1.54) is 6.92 Å². The van der Waals surface area contributed by atoms with Crippen LogP contribution < -0.4 is 0 Å². The summed E-state index contributed by atoms with van der Waals surface area (Å²) in [7, 11) is -3.75. The van der Waals surface area contributed by atoms with Crippen LogP contribution in [0.1, 0.15) is 13.3 Å². The van der Waals surface area contributed by atoms with Crippen LogP contribution in [0.25, 0.3) is 0 Å². The number of halogens is 2. The molecule has 0 atom stereocenters. The number of hydrogen-bond acceptors (Lipinski definition) is 4. The first-order chi connectivity index (χ1) is 6.37. The van der Waals surface area contributed by atoms with E-state index in [1.54, 1.807) is 0 Å². The summed E-state index contributed by atoms with van der Waals surface area (Å²) in [5.41, 5.74) is 0. The molecule has 4 nitrogen and oxygen atoms in total. The van der Waals surface area contributed by atoms with Gasteiger partial charge in [0.15, 0.2) is 9.84 Å². The Kier molecular flexibility index (Phi) is 5.59. The average Bonchev–Trinajstić information content (AvgIpc) is 2.00. The van der Waals surface area contributed by atoms with Crippen molar-refractivity contribution in [3.63, 3.8) is 0 Å². The highest BCUT2D eigenvalue weighted by Crippen LogP contribution is 2.03. The molecule has 0 aliphatic carbocycles. The Labute approximate surface area is 81.2 Å². The fraction of sp³-hybridized carbons (Fsp3) is 0.857. The third kappa shape index (κ3) is 6.76. The molecule has 0 radical (unpaired) electrons. The second kappa shape index (κ2) is 5.90. The van der Waals surface area contributed by atoms with Crippen molar-refractivity contribution in [2.24, 2.45) is 0 Å². The number of carbonyl (C=O) groups is 1. The van der Waals surface area contributed by atoms with Gasteiger partial charge in [0.25, 0.3) is 0 Å². The maximum Gasteiger partial charge on any atom is 0.321 e. The Balaban J connectivity index is 4.01. The largest absolute Gasteiger partial charge is 0.465 e. The van der Waals surface area contributed by atoms with Gasteiger partial charge in [0.05, 0.1) is 12.4 Å². The third-order valence-electron chi connectivity index (χ3n) is 1.29. The van der Waals surface area contributed by atoms with Crippen molar-refractivity contribution in [3.05, 3.63) is 0 Å². The molecule has 0 spiro atoms. The normalized spacial score (nSPS) is 11.7. The fourth-order valence-electron chi connectivity index (χ4n) is 0.723. The molecule has 0 saturated carbocycles. The fourth-order valence-corrected chi connectivity index (χ4v) is 1.85. The van der Waals surface area contributed by atoms with Gasteiger partial charge in [-0.3, -0.25) is 4.79 Å². The molecule has 7 heteroatoms. The topological polar surface area (TPSA) is 60.4 Å². The van der Waals surface area contributed by atoms with E-state index in [0.29, 0.717) is 0 Å². The van der Waals surface area contributed by atoms with Crippen LogP contribution in [0.3, 0.4) is 0 Å². The predicted molar refractivity (Wildman–Crippen MR) is 45.9 cm³/mol. The molecule has 0 aromatic heterocycles. The lowest BCUT2D eigenvalue weighted by Gasteiger charge is -2.03. The van der Waals surface area contributed by atoms with Gasteiger partial charge in [0.2, 0.25) is 6.43 Å². The van der Waals surface area contributed by atoms with Crippen LogP contribution in [0.5, 0.6) is 0 Å². The Morgan fingerprint density at radius 1 is 1.43 bits per heavy atom. The highest BCUT2D eigenvalue weighted by atomic mass is 32.2. The van der Waals surface area contributed by atoms with E-state index >= 15 is 0 Å². The minimum Gasteiger partial charge on any atom is -0.465 e. The lowest BCUT2D eigenvalue weighted by molar-refractivity contribution is -0.139. The molecule has 0 rings (SSSR count). The molecule has 0 aromatic carbocycles. The maximum absolute atomic E-state index is 11.7. The van der Waals surface area contributed by atoms with Crippen LogP contribution in [-0.4, -0.2) is 38.9 Å². The first kappa shape index (κ1) is 13.3. The van der Waals surface area contributed by atoms with Crippen molar-refractivity contribution in [2.75, 3.05) is 18.1 Å². The highest BCUT2D eigenvalue weighted by Gasteiger charge is 2.19. The summed E-state index contributed by atoms with van der Waals surface area (Å²) in [6, 6.07) is 0. The predicted octanol–water partition coefficient (Wildman–Crippen LogP) is 0.620. The average molecular weight is 230 g/mol. The van der Waals surface area contributed by atoms with Gasteiger partial charge in [-0.1, -0.05) is 0 Å². The van der Waals surface area contributed by atoms with Crippen LogP contribution in [0.4, 0.5) is 8.78 Å². The summed E-state index contributed by atoms with van der Waals surface area (Å²) in [6.45, 7) is 1.60. The van der Waals surface area contributed by atoms with Crippen LogP contribution in [0.2, 0.25) is 0 Å². The molecular weight excluding hydrogens is 218 g/mol. The van der Waals surface area contributed by atoms with Crippen LogP contribution in [0.15, 0.2) is 0 Å². The van der Waals surface area contributed by atoms with E-state index in [4.69, 9.17) is 0 Å². The third-order valence-corrected chi connectivity index (χ3v) is 2.82. The number of sulfone groups is 1. The van der Waals surface area contributed by atoms with E-state index in [9.17, 15) is 22.0 Å². The lowest BCUT2D eigenvalue weighted by Crippen LogP contribution is -2.21. The van der Waals surface area contributed by atoms with Crippen LogP contribution in [-0.2, 0) is 19.4 Å². The first-order valence-corrected chi connectivity index (χ1v) is 5.83. The Bertz CT molecular complexity index is 273. The Morgan fingerprint density at radius 2 is 2.00 bits per heavy atom.